The molecule has 1 heterocycles. The average Bonchev–Trinajstić information content (AvgIpc) is 2.40. The first-order valence-corrected chi connectivity index (χ1v) is 6.78. The van der Waals surface area contributed by atoms with E-state index in [1.807, 2.05) is 6.92 Å². The summed E-state index contributed by atoms with van der Waals surface area (Å²) >= 11 is 0. The first-order chi connectivity index (χ1) is 10.0. The van der Waals surface area contributed by atoms with E-state index in [4.69, 9.17) is 5.11 Å². The highest BCUT2D eigenvalue weighted by Crippen LogP contribution is 2.28. The third-order valence-electron chi connectivity index (χ3n) is 3.20. The molecule has 0 saturated carbocycles. The largest absolute Gasteiger partial charge is 0.395 e. The van der Waals surface area contributed by atoms with Crippen molar-refractivity contribution in [3.63, 3.8) is 0 Å². The number of nitrogens with zero attached hydrogens (tertiary/aromatic N) is 1. The monoisotopic (exact) mass is 289 g/mol. The van der Waals surface area contributed by atoms with Gasteiger partial charge in [0.25, 0.3) is 0 Å². The van der Waals surface area contributed by atoms with Crippen molar-refractivity contribution in [3.8, 4) is 11.8 Å². The summed E-state index contributed by atoms with van der Waals surface area (Å²) in [6.07, 6.45) is 0.814. The molecule has 1 N–H and O–H groups in total. The van der Waals surface area contributed by atoms with Crippen LogP contribution < -0.4 is 4.90 Å². The number of benzene rings is 1. The Hall–Kier alpha value is -2.19. The fourth-order valence-corrected chi connectivity index (χ4v) is 2.28. The number of hydrogen-bond acceptors (Lipinski definition) is 3. The molecule has 0 spiro atoms. The highest BCUT2D eigenvalue weighted by molar-refractivity contribution is 6.17. The van der Waals surface area contributed by atoms with E-state index in [-0.39, 0.29) is 49.2 Å². The summed E-state index contributed by atoms with van der Waals surface area (Å²) in [6, 6.07) is 3.79. The maximum Gasteiger partial charge on any atom is 0.234 e. The van der Waals surface area contributed by atoms with Gasteiger partial charge in [0.05, 0.1) is 17.9 Å². The topological polar surface area (TPSA) is 57.6 Å². The Bertz CT molecular complexity index is 612. The highest BCUT2D eigenvalue weighted by atomic mass is 19.1. The van der Waals surface area contributed by atoms with Crippen molar-refractivity contribution in [1.29, 1.82) is 0 Å². The van der Waals surface area contributed by atoms with Crippen molar-refractivity contribution in [2.24, 2.45) is 5.92 Å². The maximum atomic E-state index is 13.4. The standard InChI is InChI=1S/C16H16FNO3/c1-11-8-15(20)18(16(21)9-11)14-6-5-13(17)10-12(14)4-2-3-7-19/h5-6,10-11,19H,3,7-9H2,1H3. The van der Waals surface area contributed by atoms with Gasteiger partial charge in [0, 0.05) is 19.3 Å². The fraction of sp³-hybridized carbons (Fsp3) is 0.375. The van der Waals surface area contributed by atoms with Crippen LogP contribution in [0.25, 0.3) is 0 Å². The molecule has 5 heteroatoms. The molecular formula is C16H16FNO3. The lowest BCUT2D eigenvalue weighted by atomic mass is 9.96. The Morgan fingerprint density at radius 3 is 2.62 bits per heavy atom. The number of anilines is 1. The molecule has 1 saturated heterocycles. The number of piperidine rings is 1. The van der Waals surface area contributed by atoms with E-state index < -0.39 is 5.82 Å². The molecule has 1 aromatic carbocycles. The van der Waals surface area contributed by atoms with Crippen molar-refractivity contribution < 1.29 is 19.1 Å². The number of carbonyl (C=O) groups excluding carboxylic acids is 2. The Kier molecular flexibility index (Phi) is 4.71. The SMILES string of the molecule is CC1CC(=O)N(c2ccc(F)cc2C#CCCO)C(=O)C1. The van der Waals surface area contributed by atoms with Crippen LogP contribution in [-0.2, 0) is 9.59 Å². The summed E-state index contributed by atoms with van der Waals surface area (Å²) in [6.45, 7) is 1.75. The minimum absolute atomic E-state index is 0.0191. The number of hydrogen-bond donors (Lipinski definition) is 1. The molecule has 0 atom stereocenters. The Balaban J connectivity index is 2.41. The van der Waals surface area contributed by atoms with Gasteiger partial charge in [-0.1, -0.05) is 18.8 Å². The van der Waals surface area contributed by atoms with Gasteiger partial charge in [-0.25, -0.2) is 9.29 Å². The number of imide groups is 1. The van der Waals surface area contributed by atoms with Gasteiger partial charge in [-0.2, -0.15) is 0 Å². The smallest absolute Gasteiger partial charge is 0.234 e. The first-order valence-electron chi connectivity index (χ1n) is 6.78. The van der Waals surface area contributed by atoms with Crippen molar-refractivity contribution in [1.82, 2.24) is 0 Å². The van der Waals surface area contributed by atoms with Gasteiger partial charge in [0.1, 0.15) is 5.82 Å². The van der Waals surface area contributed by atoms with Crippen LogP contribution in [0.4, 0.5) is 10.1 Å². The average molecular weight is 289 g/mol. The second-order valence-electron chi connectivity index (χ2n) is 5.07. The molecule has 0 aliphatic carbocycles. The van der Waals surface area contributed by atoms with Crippen LogP contribution in [0.5, 0.6) is 0 Å². The van der Waals surface area contributed by atoms with Gasteiger partial charge < -0.3 is 5.11 Å². The van der Waals surface area contributed by atoms with Crippen LogP contribution in [0.1, 0.15) is 31.7 Å². The summed E-state index contributed by atoms with van der Waals surface area (Å²) in [7, 11) is 0. The van der Waals surface area contributed by atoms with Crippen molar-refractivity contribution in [3.05, 3.63) is 29.6 Å². The zero-order valence-corrected chi connectivity index (χ0v) is 11.7. The summed E-state index contributed by atoms with van der Waals surface area (Å²) < 4.78 is 13.4. The van der Waals surface area contributed by atoms with Gasteiger partial charge in [0.2, 0.25) is 11.8 Å². The van der Waals surface area contributed by atoms with Crippen molar-refractivity contribution in [2.45, 2.75) is 26.2 Å². The number of aliphatic hydroxyl groups is 1. The summed E-state index contributed by atoms with van der Waals surface area (Å²) in [5.74, 6) is 4.33. The molecule has 110 valence electrons. The van der Waals surface area contributed by atoms with Gasteiger partial charge in [0.15, 0.2) is 0 Å². The van der Waals surface area contributed by atoms with Gasteiger partial charge >= 0.3 is 0 Å². The van der Waals surface area contributed by atoms with Crippen molar-refractivity contribution in [2.75, 3.05) is 11.5 Å². The molecule has 2 rings (SSSR count). The van der Waals surface area contributed by atoms with Crippen LogP contribution >= 0.6 is 0 Å². The number of amides is 2. The van der Waals surface area contributed by atoms with E-state index in [1.54, 1.807) is 0 Å². The normalized spacial score (nSPS) is 15.9. The van der Waals surface area contributed by atoms with Crippen LogP contribution in [0.2, 0.25) is 0 Å². The number of halogens is 1. The Morgan fingerprint density at radius 1 is 1.33 bits per heavy atom. The first kappa shape index (κ1) is 15.2. The van der Waals surface area contributed by atoms with E-state index in [0.29, 0.717) is 5.69 Å². The van der Waals surface area contributed by atoms with Crippen LogP contribution in [0.3, 0.4) is 0 Å². The second-order valence-corrected chi connectivity index (χ2v) is 5.07. The van der Waals surface area contributed by atoms with Crippen LogP contribution in [-0.4, -0.2) is 23.5 Å². The summed E-state index contributed by atoms with van der Waals surface area (Å²) in [5.41, 5.74) is 0.587. The Morgan fingerprint density at radius 2 is 2.00 bits per heavy atom. The quantitative estimate of drug-likeness (QED) is 0.667. The molecule has 0 radical (unpaired) electrons. The van der Waals surface area contributed by atoms with Crippen LogP contribution in [0, 0.1) is 23.6 Å². The molecular weight excluding hydrogens is 273 g/mol. The van der Waals surface area contributed by atoms with E-state index in [1.165, 1.54) is 18.2 Å². The zero-order valence-electron chi connectivity index (χ0n) is 11.7. The minimum atomic E-state index is -0.489. The van der Waals surface area contributed by atoms with Gasteiger partial charge in [-0.3, -0.25) is 9.59 Å². The van der Waals surface area contributed by atoms with Crippen molar-refractivity contribution >= 4 is 17.5 Å². The third kappa shape index (κ3) is 3.47. The molecule has 0 bridgehead atoms. The van der Waals surface area contributed by atoms with Crippen LogP contribution in [0.15, 0.2) is 18.2 Å². The molecule has 4 nitrogen and oxygen atoms in total. The summed E-state index contributed by atoms with van der Waals surface area (Å²) in [5, 5.41) is 8.73. The molecule has 21 heavy (non-hydrogen) atoms. The molecule has 1 aliphatic rings. The van der Waals surface area contributed by atoms with E-state index in [2.05, 4.69) is 11.8 Å². The minimum Gasteiger partial charge on any atom is -0.395 e. The third-order valence-corrected chi connectivity index (χ3v) is 3.20. The number of carbonyl (C=O) groups is 2. The lowest BCUT2D eigenvalue weighted by Crippen LogP contribution is -2.43. The number of rotatable bonds is 2. The lowest BCUT2D eigenvalue weighted by molar-refractivity contribution is -0.130. The molecule has 0 aromatic heterocycles. The molecule has 1 aliphatic heterocycles. The van der Waals surface area contributed by atoms with Gasteiger partial charge in [-0.15, -0.1) is 0 Å². The van der Waals surface area contributed by atoms with E-state index in [9.17, 15) is 14.0 Å². The van der Waals surface area contributed by atoms with E-state index in [0.717, 1.165) is 4.90 Å². The predicted octanol–water partition coefficient (Wildman–Crippen LogP) is 1.85. The lowest BCUT2D eigenvalue weighted by Gasteiger charge is -2.29. The van der Waals surface area contributed by atoms with E-state index >= 15 is 0 Å². The molecule has 1 aromatic rings. The fourth-order valence-electron chi connectivity index (χ4n) is 2.28. The molecule has 1 fully saturated rings. The van der Waals surface area contributed by atoms with Gasteiger partial charge in [-0.05, 0) is 24.1 Å². The number of aliphatic hydroxyl groups excluding tert-OH is 1. The highest BCUT2D eigenvalue weighted by Gasteiger charge is 2.32. The second kappa shape index (κ2) is 6.51. The molecule has 0 unspecified atom stereocenters. The zero-order chi connectivity index (χ0) is 15.4. The maximum absolute atomic E-state index is 13.4. The summed E-state index contributed by atoms with van der Waals surface area (Å²) in [4.78, 5) is 25.3. The molecule has 2 amide bonds. The Labute approximate surface area is 122 Å². The predicted molar refractivity (Wildman–Crippen MR) is 75.9 cm³/mol.